The topological polar surface area (TPSA) is 54.5 Å². The molecule has 2 aromatic rings. The Labute approximate surface area is 150 Å². The van der Waals surface area contributed by atoms with Crippen LogP contribution in [-0.2, 0) is 11.5 Å². The van der Waals surface area contributed by atoms with E-state index in [1.165, 1.54) is 12.1 Å². The number of hydrogen-bond acceptors (Lipinski definition) is 5. The van der Waals surface area contributed by atoms with Crippen LogP contribution in [0.25, 0.3) is 11.5 Å². The van der Waals surface area contributed by atoms with E-state index in [-0.39, 0.29) is 22.5 Å². The van der Waals surface area contributed by atoms with Gasteiger partial charge in [-0.15, -0.1) is 5.10 Å². The lowest BCUT2D eigenvalue weighted by Gasteiger charge is -2.35. The number of benzene rings is 1. The fraction of sp³-hybridized carbons (Fsp3) is 0.471. The highest BCUT2D eigenvalue weighted by molar-refractivity contribution is 7.71. The summed E-state index contributed by atoms with van der Waals surface area (Å²) in [6.45, 7) is 7.27. The van der Waals surface area contributed by atoms with Gasteiger partial charge in [-0.3, -0.25) is 9.69 Å². The van der Waals surface area contributed by atoms with Crippen LogP contribution in [0.4, 0.5) is 4.39 Å². The van der Waals surface area contributed by atoms with Gasteiger partial charge in [-0.25, -0.2) is 9.07 Å². The van der Waals surface area contributed by atoms with Crippen LogP contribution in [0.1, 0.15) is 13.8 Å². The highest BCUT2D eigenvalue weighted by Gasteiger charge is 2.23. The Morgan fingerprint density at radius 1 is 1.24 bits per heavy atom. The van der Waals surface area contributed by atoms with E-state index in [2.05, 4.69) is 10.00 Å². The van der Waals surface area contributed by atoms with Gasteiger partial charge in [-0.2, -0.15) is 0 Å². The molecule has 0 atom stereocenters. The number of nitrogens with zero attached hydrogens (tertiary/aromatic N) is 4. The molecule has 1 aliphatic heterocycles. The van der Waals surface area contributed by atoms with E-state index in [0.29, 0.717) is 31.2 Å². The molecule has 8 heteroatoms. The molecule has 1 aliphatic rings. The predicted octanol–water partition coefficient (Wildman–Crippen LogP) is 2.77. The molecule has 0 unspecified atom stereocenters. The number of halogens is 1. The Morgan fingerprint density at radius 2 is 1.88 bits per heavy atom. The third-order valence-corrected chi connectivity index (χ3v) is 4.50. The molecule has 1 aromatic carbocycles. The molecule has 6 nitrogen and oxygen atoms in total. The average Bonchev–Trinajstić information content (AvgIpc) is 2.96. The van der Waals surface area contributed by atoms with Gasteiger partial charge >= 0.3 is 0 Å². The first-order valence-corrected chi connectivity index (χ1v) is 8.70. The summed E-state index contributed by atoms with van der Waals surface area (Å²) >= 11 is 5.23. The molecule has 0 N–H and O–H groups in total. The second-order valence-electron chi connectivity index (χ2n) is 6.42. The minimum atomic E-state index is -0.310. The predicted molar refractivity (Wildman–Crippen MR) is 93.7 cm³/mol. The second kappa shape index (κ2) is 7.45. The normalized spacial score (nSPS) is 15.8. The van der Waals surface area contributed by atoms with Gasteiger partial charge in [0.2, 0.25) is 11.8 Å². The Morgan fingerprint density at radius 3 is 2.48 bits per heavy atom. The van der Waals surface area contributed by atoms with Crippen LogP contribution < -0.4 is 0 Å². The molecule has 2 heterocycles. The first-order valence-electron chi connectivity index (χ1n) is 8.29. The Hall–Kier alpha value is -2.06. The third-order valence-electron chi connectivity index (χ3n) is 4.21. The van der Waals surface area contributed by atoms with Crippen molar-refractivity contribution >= 4 is 18.1 Å². The molecule has 1 amide bonds. The lowest BCUT2D eigenvalue weighted by Crippen LogP contribution is -2.50. The minimum Gasteiger partial charge on any atom is -0.409 e. The van der Waals surface area contributed by atoms with Crippen molar-refractivity contribution in [3.05, 3.63) is 34.9 Å². The van der Waals surface area contributed by atoms with Crippen molar-refractivity contribution < 1.29 is 13.6 Å². The van der Waals surface area contributed by atoms with Gasteiger partial charge in [0.05, 0.1) is 6.67 Å². The third kappa shape index (κ3) is 4.13. The first kappa shape index (κ1) is 17.8. The number of carbonyl (C=O) groups is 1. The van der Waals surface area contributed by atoms with Gasteiger partial charge in [-0.1, -0.05) is 13.8 Å². The Balaban J connectivity index is 1.64. The van der Waals surface area contributed by atoms with Gasteiger partial charge in [0, 0.05) is 37.7 Å². The lowest BCUT2D eigenvalue weighted by molar-refractivity contribution is -0.136. The Kier molecular flexibility index (Phi) is 5.29. The first-order chi connectivity index (χ1) is 11.9. The van der Waals surface area contributed by atoms with Crippen LogP contribution in [0.5, 0.6) is 0 Å². The number of hydrogen-bond donors (Lipinski definition) is 0. The summed E-state index contributed by atoms with van der Waals surface area (Å²) in [6.07, 6.45) is 0. The van der Waals surface area contributed by atoms with Crippen LogP contribution in [0.15, 0.2) is 28.7 Å². The quantitative estimate of drug-likeness (QED) is 0.781. The lowest BCUT2D eigenvalue weighted by atomic mass is 10.1. The van der Waals surface area contributed by atoms with Crippen molar-refractivity contribution in [3.8, 4) is 11.5 Å². The average molecular weight is 364 g/mol. The summed E-state index contributed by atoms with van der Waals surface area (Å²) in [7, 11) is 0. The van der Waals surface area contributed by atoms with E-state index in [9.17, 15) is 9.18 Å². The molecular formula is C17H21FN4O2S. The van der Waals surface area contributed by atoms with Gasteiger partial charge in [-0.05, 0) is 36.5 Å². The van der Waals surface area contributed by atoms with E-state index in [1.807, 2.05) is 18.7 Å². The molecule has 0 aliphatic carbocycles. The molecule has 0 spiro atoms. The zero-order chi connectivity index (χ0) is 18.0. The van der Waals surface area contributed by atoms with Gasteiger partial charge in [0.1, 0.15) is 5.82 Å². The largest absolute Gasteiger partial charge is 0.409 e. The zero-order valence-electron chi connectivity index (χ0n) is 14.3. The molecule has 1 fully saturated rings. The van der Waals surface area contributed by atoms with Crippen molar-refractivity contribution in [2.75, 3.05) is 26.2 Å². The molecule has 1 aromatic heterocycles. The number of piperazine rings is 1. The van der Waals surface area contributed by atoms with Gasteiger partial charge < -0.3 is 9.32 Å². The Bertz CT molecular complexity index is 792. The number of carbonyl (C=O) groups excluding carboxylic acids is 1. The van der Waals surface area contributed by atoms with Crippen LogP contribution in [-0.4, -0.2) is 51.7 Å². The molecular weight excluding hydrogens is 343 g/mol. The maximum atomic E-state index is 13.0. The van der Waals surface area contributed by atoms with Crippen molar-refractivity contribution in [2.45, 2.75) is 20.5 Å². The molecule has 0 saturated carbocycles. The van der Waals surface area contributed by atoms with Crippen molar-refractivity contribution in [1.82, 2.24) is 19.6 Å². The fourth-order valence-corrected chi connectivity index (χ4v) is 2.95. The molecule has 25 heavy (non-hydrogen) atoms. The van der Waals surface area contributed by atoms with Crippen molar-refractivity contribution in [1.29, 1.82) is 0 Å². The maximum absolute atomic E-state index is 13.0. The SMILES string of the molecule is CC(C)C(=O)N1CCN(Cn2nc(-c3ccc(F)cc3)oc2=S)CC1. The standard InChI is InChI=1S/C17H21FN4O2S/c1-12(2)16(23)21-9-7-20(8-10-21)11-22-17(25)24-15(19-22)13-3-5-14(18)6-4-13/h3-6,12H,7-11H2,1-2H3. The summed E-state index contributed by atoms with van der Waals surface area (Å²) in [6, 6.07) is 5.93. The molecule has 3 rings (SSSR count). The zero-order valence-corrected chi connectivity index (χ0v) is 15.1. The molecule has 134 valence electrons. The summed E-state index contributed by atoms with van der Waals surface area (Å²) in [4.78, 5) is 16.4. The van der Waals surface area contributed by atoms with Crippen LogP contribution in [0.2, 0.25) is 0 Å². The molecule has 0 bridgehead atoms. The summed E-state index contributed by atoms with van der Waals surface area (Å²) in [5.41, 5.74) is 0.679. The monoisotopic (exact) mass is 364 g/mol. The number of amides is 1. The van der Waals surface area contributed by atoms with Crippen LogP contribution in [0, 0.1) is 16.6 Å². The molecule has 0 radical (unpaired) electrons. The second-order valence-corrected chi connectivity index (χ2v) is 6.77. The minimum absolute atomic E-state index is 0.0222. The highest BCUT2D eigenvalue weighted by atomic mass is 32.1. The highest BCUT2D eigenvalue weighted by Crippen LogP contribution is 2.18. The van der Waals surface area contributed by atoms with Gasteiger partial charge in [0.25, 0.3) is 4.84 Å². The van der Waals surface area contributed by atoms with Crippen LogP contribution >= 0.6 is 12.2 Å². The van der Waals surface area contributed by atoms with E-state index in [1.54, 1.807) is 16.8 Å². The summed E-state index contributed by atoms with van der Waals surface area (Å²) in [5.74, 6) is 0.277. The van der Waals surface area contributed by atoms with E-state index in [4.69, 9.17) is 16.6 Å². The van der Waals surface area contributed by atoms with Gasteiger partial charge in [0.15, 0.2) is 0 Å². The van der Waals surface area contributed by atoms with Crippen molar-refractivity contribution in [2.24, 2.45) is 5.92 Å². The van der Waals surface area contributed by atoms with E-state index in [0.717, 1.165) is 13.1 Å². The molecule has 1 saturated heterocycles. The smallest absolute Gasteiger partial charge is 0.288 e. The number of rotatable bonds is 4. The maximum Gasteiger partial charge on any atom is 0.288 e. The summed E-state index contributed by atoms with van der Waals surface area (Å²) in [5, 5.41) is 4.39. The fourth-order valence-electron chi connectivity index (χ4n) is 2.77. The van der Waals surface area contributed by atoms with Crippen LogP contribution in [0.3, 0.4) is 0 Å². The number of aromatic nitrogens is 2. The van der Waals surface area contributed by atoms with E-state index >= 15 is 0 Å². The summed E-state index contributed by atoms with van der Waals surface area (Å²) < 4.78 is 20.2. The van der Waals surface area contributed by atoms with Crippen molar-refractivity contribution in [3.63, 3.8) is 0 Å². The van der Waals surface area contributed by atoms with E-state index < -0.39 is 0 Å².